The van der Waals surface area contributed by atoms with Crippen molar-refractivity contribution in [2.75, 3.05) is 24.6 Å². The second kappa shape index (κ2) is 18.9. The molecule has 0 atom stereocenters. The average Bonchev–Trinajstić information content (AvgIpc) is 2.94. The molecule has 0 saturated carbocycles. The Bertz CT molecular complexity index is 982. The van der Waals surface area contributed by atoms with Crippen molar-refractivity contribution in [1.82, 2.24) is 0 Å². The second-order valence-electron chi connectivity index (χ2n) is 11.9. The van der Waals surface area contributed by atoms with Crippen LogP contribution in [0.3, 0.4) is 0 Å². The van der Waals surface area contributed by atoms with Crippen molar-refractivity contribution in [3.63, 3.8) is 0 Å². The summed E-state index contributed by atoms with van der Waals surface area (Å²) in [5.41, 5.74) is -0.754. The van der Waals surface area contributed by atoms with E-state index in [9.17, 15) is 28.2 Å². The van der Waals surface area contributed by atoms with Crippen molar-refractivity contribution in [2.24, 2.45) is 0 Å². The van der Waals surface area contributed by atoms with E-state index in [-0.39, 0.29) is 16.0 Å². The third-order valence-corrected chi connectivity index (χ3v) is 17.4. The molecule has 238 valence electrons. The Balaban J connectivity index is 3.36. The van der Waals surface area contributed by atoms with Gasteiger partial charge in [-0.15, -0.1) is 0 Å². The van der Waals surface area contributed by atoms with Crippen molar-refractivity contribution in [3.8, 4) is 0 Å². The zero-order chi connectivity index (χ0) is 30.8. The topological polar surface area (TPSA) is 118 Å². The maximum atomic E-state index is 14.0. The van der Waals surface area contributed by atoms with Crippen LogP contribution in [0.25, 0.3) is 0 Å². The van der Waals surface area contributed by atoms with Gasteiger partial charge in [0, 0.05) is 0 Å². The molecular weight excluding hydrogens is 559 g/mol. The van der Waals surface area contributed by atoms with E-state index >= 15 is 0 Å². The molecule has 0 aliphatic rings. The van der Waals surface area contributed by atoms with Gasteiger partial charge >= 0.3 is 250 Å². The van der Waals surface area contributed by atoms with Crippen LogP contribution in [0.4, 0.5) is 0 Å². The van der Waals surface area contributed by atoms with Crippen LogP contribution in [0.15, 0.2) is 23.1 Å². The van der Waals surface area contributed by atoms with Gasteiger partial charge in [0.15, 0.2) is 0 Å². The van der Waals surface area contributed by atoms with E-state index in [2.05, 4.69) is 27.7 Å². The van der Waals surface area contributed by atoms with E-state index in [0.29, 0.717) is 0 Å². The standard InChI is InChI=1S/C32H57O7PS/c1-5-9-13-14-15-16-17-18-19-20-24-40(21-10-6-2,22-11-7-3,23-12-8-4)39-41(37,38)30-26-28(31(33)34)25-29(27-30)32(35)36/h25-27H,5-24H2,1-4H3,(H,33,34)(H,35,36). The molecule has 0 saturated heterocycles. The molecule has 1 rings (SSSR count). The Labute approximate surface area is 250 Å². The number of unbranched alkanes of at least 4 members (excludes halogenated alkanes) is 12. The maximum absolute atomic E-state index is 14.0. The number of carbonyl (C=O) groups is 2. The monoisotopic (exact) mass is 616 g/mol. The number of hydrogen-bond donors (Lipinski definition) is 2. The molecule has 0 aromatic heterocycles. The first-order chi connectivity index (χ1) is 19.5. The number of carboxylic acid groups (broad SMARTS) is 2. The molecule has 0 amide bonds. The van der Waals surface area contributed by atoms with Crippen LogP contribution < -0.4 is 0 Å². The van der Waals surface area contributed by atoms with Crippen molar-refractivity contribution < 1.29 is 32.2 Å². The third-order valence-electron chi connectivity index (χ3n) is 8.31. The molecule has 0 heterocycles. The van der Waals surface area contributed by atoms with Gasteiger partial charge in [-0.2, -0.15) is 0 Å². The quantitative estimate of drug-likeness (QED) is 0.0829. The molecular formula is C32H57O7PS. The molecule has 1 aromatic carbocycles. The predicted molar refractivity (Wildman–Crippen MR) is 172 cm³/mol. The summed E-state index contributed by atoms with van der Waals surface area (Å²) in [4.78, 5) is 23.1. The number of benzene rings is 1. The van der Waals surface area contributed by atoms with E-state index in [0.717, 1.165) is 101 Å². The molecule has 1 aromatic rings. The summed E-state index contributed by atoms with van der Waals surface area (Å²) in [6, 6.07) is 3.06. The number of hydrogen-bond acceptors (Lipinski definition) is 5. The molecule has 0 fully saturated rings. The van der Waals surface area contributed by atoms with Gasteiger partial charge < -0.3 is 0 Å². The van der Waals surface area contributed by atoms with Crippen LogP contribution in [0.1, 0.15) is 151 Å². The van der Waals surface area contributed by atoms with E-state index in [1.807, 2.05) is 0 Å². The third kappa shape index (κ3) is 12.7. The van der Waals surface area contributed by atoms with Crippen molar-refractivity contribution >= 4 is 28.9 Å². The van der Waals surface area contributed by atoms with Gasteiger partial charge in [-0.25, -0.2) is 0 Å². The first kappa shape index (κ1) is 37.5. The summed E-state index contributed by atoms with van der Waals surface area (Å²) >= 11 is 0. The van der Waals surface area contributed by atoms with Crippen LogP contribution in [0, 0.1) is 0 Å². The van der Waals surface area contributed by atoms with Gasteiger partial charge in [0.2, 0.25) is 0 Å². The van der Waals surface area contributed by atoms with E-state index < -0.39 is 28.9 Å². The number of rotatable bonds is 25. The first-order valence-corrected chi connectivity index (χ1v) is 20.4. The molecule has 0 aliphatic carbocycles. The molecule has 0 unspecified atom stereocenters. The van der Waals surface area contributed by atoms with Crippen molar-refractivity contribution in [3.05, 3.63) is 29.3 Å². The Hall–Kier alpha value is -1.50. The van der Waals surface area contributed by atoms with Crippen molar-refractivity contribution in [1.29, 1.82) is 0 Å². The molecule has 0 spiro atoms. The molecule has 9 heteroatoms. The van der Waals surface area contributed by atoms with Gasteiger partial charge in [0.25, 0.3) is 0 Å². The predicted octanol–water partition coefficient (Wildman–Crippen LogP) is 9.58. The van der Waals surface area contributed by atoms with Gasteiger partial charge in [-0.1, -0.05) is 0 Å². The Kier molecular flexibility index (Phi) is 17.3. The Morgan fingerprint density at radius 1 is 0.585 bits per heavy atom. The SMILES string of the molecule is CCCCCCCCCCCCP(CCCC)(CCCC)(CCCC)OS(=O)(=O)c1cc(C(=O)O)cc(C(=O)O)c1. The minimum absolute atomic E-state index is 0.377. The molecule has 7 nitrogen and oxygen atoms in total. The fourth-order valence-electron chi connectivity index (χ4n) is 5.80. The van der Waals surface area contributed by atoms with Crippen LogP contribution in [0.2, 0.25) is 0 Å². The Morgan fingerprint density at radius 2 is 0.927 bits per heavy atom. The number of aromatic carboxylic acids is 2. The Morgan fingerprint density at radius 3 is 1.29 bits per heavy atom. The van der Waals surface area contributed by atoms with Gasteiger partial charge in [-0.05, 0) is 0 Å². The minimum atomic E-state index is -4.41. The molecule has 41 heavy (non-hydrogen) atoms. The number of carboxylic acids is 2. The van der Waals surface area contributed by atoms with Crippen LogP contribution in [-0.2, 0) is 14.1 Å². The second-order valence-corrected chi connectivity index (χ2v) is 19.4. The van der Waals surface area contributed by atoms with Gasteiger partial charge in [0.1, 0.15) is 0 Å². The fraction of sp³-hybridized carbons (Fsp3) is 0.750. The van der Waals surface area contributed by atoms with Crippen LogP contribution in [0.5, 0.6) is 0 Å². The average molecular weight is 617 g/mol. The first-order valence-electron chi connectivity index (χ1n) is 16.1. The molecule has 0 aliphatic heterocycles. The van der Waals surface area contributed by atoms with Crippen LogP contribution >= 0.6 is 6.83 Å². The van der Waals surface area contributed by atoms with E-state index in [1.165, 1.54) is 44.9 Å². The van der Waals surface area contributed by atoms with Gasteiger partial charge in [-0.3, -0.25) is 0 Å². The van der Waals surface area contributed by atoms with Crippen LogP contribution in [-0.4, -0.2) is 55.2 Å². The van der Waals surface area contributed by atoms with E-state index in [1.54, 1.807) is 0 Å². The van der Waals surface area contributed by atoms with Crippen molar-refractivity contribution in [2.45, 2.75) is 135 Å². The summed E-state index contributed by atoms with van der Waals surface area (Å²) in [7, 11) is -4.41. The zero-order valence-corrected chi connectivity index (χ0v) is 27.9. The van der Waals surface area contributed by atoms with Gasteiger partial charge in [0.05, 0.1) is 0 Å². The molecule has 0 radical (unpaired) electrons. The fourth-order valence-corrected chi connectivity index (χ4v) is 15.8. The van der Waals surface area contributed by atoms with E-state index in [4.69, 9.17) is 3.97 Å². The summed E-state index contributed by atoms with van der Waals surface area (Å²) < 4.78 is 34.6. The summed E-state index contributed by atoms with van der Waals surface area (Å²) in [5, 5.41) is 19.1. The normalized spacial score (nSPS) is 13.1. The summed E-state index contributed by atoms with van der Waals surface area (Å²) in [6.45, 7) is 5.25. The summed E-state index contributed by atoms with van der Waals surface area (Å²) in [6.07, 6.45) is 20.3. The zero-order valence-electron chi connectivity index (χ0n) is 26.2. The molecule has 2 N–H and O–H groups in total. The summed E-state index contributed by atoms with van der Waals surface area (Å²) in [5.74, 6) is -2.76. The molecule has 0 bridgehead atoms.